The van der Waals surface area contributed by atoms with Gasteiger partial charge in [-0.2, -0.15) is 0 Å². The summed E-state index contributed by atoms with van der Waals surface area (Å²) in [5.41, 5.74) is 3.55. The normalized spacial score (nSPS) is 18.9. The minimum absolute atomic E-state index is 0.599. The summed E-state index contributed by atoms with van der Waals surface area (Å²) in [7, 11) is 0. The van der Waals surface area contributed by atoms with Gasteiger partial charge in [-0.1, -0.05) is 42.0 Å². The van der Waals surface area contributed by atoms with Crippen LogP contribution in [-0.2, 0) is 13.0 Å². The Bertz CT molecular complexity index is 561. The van der Waals surface area contributed by atoms with Gasteiger partial charge in [0.2, 0.25) is 0 Å². The first-order valence-electron chi connectivity index (χ1n) is 6.56. The van der Waals surface area contributed by atoms with E-state index in [2.05, 4.69) is 45.2 Å². The molecule has 1 aliphatic carbocycles. The zero-order valence-electron chi connectivity index (χ0n) is 10.7. The molecular formula is C15H16ClN3. The van der Waals surface area contributed by atoms with Gasteiger partial charge in [0, 0.05) is 31.6 Å². The lowest BCUT2D eigenvalue weighted by atomic mass is 10.1. The molecule has 0 N–H and O–H groups in total. The maximum atomic E-state index is 6.16. The molecule has 0 spiro atoms. The van der Waals surface area contributed by atoms with Crippen LogP contribution in [0.3, 0.4) is 0 Å². The van der Waals surface area contributed by atoms with Crippen LogP contribution < -0.4 is 0 Å². The molecular weight excluding hydrogens is 258 g/mol. The van der Waals surface area contributed by atoms with E-state index >= 15 is 0 Å². The van der Waals surface area contributed by atoms with E-state index in [1.165, 1.54) is 5.57 Å². The molecule has 3 nitrogen and oxygen atoms in total. The van der Waals surface area contributed by atoms with Crippen LogP contribution in [0.1, 0.15) is 17.7 Å². The van der Waals surface area contributed by atoms with Crippen LogP contribution in [-0.4, -0.2) is 28.0 Å². The summed E-state index contributed by atoms with van der Waals surface area (Å²) in [6.45, 7) is 2.83. The number of fused-ring (bicyclic) bond motifs is 1. The molecule has 0 saturated heterocycles. The van der Waals surface area contributed by atoms with Crippen LogP contribution in [0, 0.1) is 0 Å². The molecule has 19 heavy (non-hydrogen) atoms. The third-order valence-electron chi connectivity index (χ3n) is 3.51. The Morgan fingerprint density at radius 3 is 3.16 bits per heavy atom. The van der Waals surface area contributed by atoms with Crippen molar-refractivity contribution in [1.29, 1.82) is 0 Å². The number of aromatic nitrogens is 2. The number of hydrogen-bond donors (Lipinski definition) is 0. The second kappa shape index (κ2) is 5.68. The molecule has 4 heteroatoms. The topological polar surface area (TPSA) is 29.0 Å². The van der Waals surface area contributed by atoms with Crippen molar-refractivity contribution in [3.63, 3.8) is 0 Å². The van der Waals surface area contributed by atoms with Gasteiger partial charge in [0.25, 0.3) is 0 Å². The largest absolute Gasteiger partial charge is 0.294 e. The standard InChI is InChI=1S/C15H16ClN3/c16-15-13-10-19(8-7-14(13)17-11-18-15)9-12-5-3-1-2-4-6-12/h1-3,5-6,11H,4,7-10H2. The van der Waals surface area contributed by atoms with E-state index in [9.17, 15) is 0 Å². The molecule has 1 aliphatic heterocycles. The highest BCUT2D eigenvalue weighted by molar-refractivity contribution is 6.30. The van der Waals surface area contributed by atoms with Crippen molar-refractivity contribution in [3.8, 4) is 0 Å². The third-order valence-corrected chi connectivity index (χ3v) is 3.83. The fourth-order valence-electron chi connectivity index (χ4n) is 2.50. The molecule has 0 fully saturated rings. The summed E-state index contributed by atoms with van der Waals surface area (Å²) in [5, 5.41) is 0.599. The monoisotopic (exact) mass is 273 g/mol. The van der Waals surface area contributed by atoms with Crippen molar-refractivity contribution >= 4 is 11.6 Å². The van der Waals surface area contributed by atoms with Gasteiger partial charge in [-0.3, -0.25) is 4.90 Å². The highest BCUT2D eigenvalue weighted by Gasteiger charge is 2.20. The van der Waals surface area contributed by atoms with E-state index in [1.807, 2.05) is 0 Å². The number of allylic oxidation sites excluding steroid dienone is 4. The highest BCUT2D eigenvalue weighted by atomic mass is 35.5. The predicted octanol–water partition coefficient (Wildman–Crippen LogP) is 2.93. The first kappa shape index (κ1) is 12.6. The quantitative estimate of drug-likeness (QED) is 0.776. The van der Waals surface area contributed by atoms with Crippen LogP contribution in [0.5, 0.6) is 0 Å². The second-order valence-corrected chi connectivity index (χ2v) is 5.21. The van der Waals surface area contributed by atoms with Gasteiger partial charge in [-0.05, 0) is 12.0 Å². The maximum absolute atomic E-state index is 6.16. The van der Waals surface area contributed by atoms with Crippen LogP contribution in [0.15, 0.2) is 42.3 Å². The van der Waals surface area contributed by atoms with Gasteiger partial charge in [-0.25, -0.2) is 9.97 Å². The van der Waals surface area contributed by atoms with Gasteiger partial charge in [0.15, 0.2) is 0 Å². The van der Waals surface area contributed by atoms with E-state index in [0.29, 0.717) is 5.15 Å². The summed E-state index contributed by atoms with van der Waals surface area (Å²) < 4.78 is 0. The predicted molar refractivity (Wildman–Crippen MR) is 77.0 cm³/mol. The van der Waals surface area contributed by atoms with Crippen molar-refractivity contribution in [3.05, 3.63) is 58.7 Å². The van der Waals surface area contributed by atoms with E-state index in [-0.39, 0.29) is 0 Å². The molecule has 0 atom stereocenters. The molecule has 98 valence electrons. The number of nitrogens with zero attached hydrogens (tertiary/aromatic N) is 3. The van der Waals surface area contributed by atoms with Gasteiger partial charge in [-0.15, -0.1) is 0 Å². The minimum Gasteiger partial charge on any atom is -0.294 e. The summed E-state index contributed by atoms with van der Waals surface area (Å²) in [6, 6.07) is 0. The van der Waals surface area contributed by atoms with Crippen LogP contribution >= 0.6 is 11.6 Å². The molecule has 0 aromatic carbocycles. The van der Waals surface area contributed by atoms with Crippen molar-refractivity contribution in [2.75, 3.05) is 13.1 Å². The van der Waals surface area contributed by atoms with Crippen LogP contribution in [0.25, 0.3) is 0 Å². The van der Waals surface area contributed by atoms with E-state index in [1.54, 1.807) is 6.33 Å². The summed E-state index contributed by atoms with van der Waals surface area (Å²) in [6.07, 6.45) is 14.3. The molecule has 0 saturated carbocycles. The smallest absolute Gasteiger partial charge is 0.137 e. The average Bonchev–Trinajstić information content (AvgIpc) is 2.68. The Balaban J connectivity index is 1.72. The zero-order chi connectivity index (χ0) is 13.1. The Hall–Kier alpha value is -1.45. The van der Waals surface area contributed by atoms with Crippen LogP contribution in [0.2, 0.25) is 5.15 Å². The van der Waals surface area contributed by atoms with Crippen LogP contribution in [0.4, 0.5) is 0 Å². The molecule has 3 rings (SSSR count). The zero-order valence-corrected chi connectivity index (χ0v) is 11.5. The van der Waals surface area contributed by atoms with Gasteiger partial charge in [0.05, 0.1) is 5.69 Å². The number of hydrogen-bond acceptors (Lipinski definition) is 3. The van der Waals surface area contributed by atoms with Crippen molar-refractivity contribution < 1.29 is 0 Å². The van der Waals surface area contributed by atoms with Crippen molar-refractivity contribution in [2.24, 2.45) is 0 Å². The fourth-order valence-corrected chi connectivity index (χ4v) is 2.71. The number of rotatable bonds is 2. The lowest BCUT2D eigenvalue weighted by Gasteiger charge is -2.28. The van der Waals surface area contributed by atoms with Crippen molar-refractivity contribution in [1.82, 2.24) is 14.9 Å². The van der Waals surface area contributed by atoms with Gasteiger partial charge >= 0.3 is 0 Å². The summed E-state index contributed by atoms with van der Waals surface area (Å²) in [4.78, 5) is 10.8. The Kier molecular flexibility index (Phi) is 3.76. The first-order chi connectivity index (χ1) is 9.33. The number of halogens is 1. The third kappa shape index (κ3) is 2.94. The van der Waals surface area contributed by atoms with E-state index in [4.69, 9.17) is 11.6 Å². The maximum Gasteiger partial charge on any atom is 0.137 e. The van der Waals surface area contributed by atoms with E-state index in [0.717, 1.165) is 43.7 Å². The molecule has 1 aromatic heterocycles. The Morgan fingerprint density at radius 2 is 2.21 bits per heavy atom. The van der Waals surface area contributed by atoms with Gasteiger partial charge < -0.3 is 0 Å². The van der Waals surface area contributed by atoms with Gasteiger partial charge in [0.1, 0.15) is 11.5 Å². The molecule has 0 amide bonds. The van der Waals surface area contributed by atoms with Crippen molar-refractivity contribution in [2.45, 2.75) is 19.4 Å². The molecule has 0 radical (unpaired) electrons. The molecule has 0 bridgehead atoms. The van der Waals surface area contributed by atoms with E-state index < -0.39 is 0 Å². The molecule has 0 unspecified atom stereocenters. The first-order valence-corrected chi connectivity index (χ1v) is 6.93. The Labute approximate surface area is 118 Å². The summed E-state index contributed by atoms with van der Waals surface area (Å²) in [5.74, 6) is 0. The Morgan fingerprint density at radius 1 is 1.26 bits per heavy atom. The molecule has 2 aliphatic rings. The summed E-state index contributed by atoms with van der Waals surface area (Å²) >= 11 is 6.16. The fraction of sp³-hybridized carbons (Fsp3) is 0.333. The SMILES string of the molecule is Clc1ncnc2c1CN(CC1=CCC=CC=C1)CC2. The second-order valence-electron chi connectivity index (χ2n) is 4.85. The lowest BCUT2D eigenvalue weighted by molar-refractivity contribution is 0.274. The highest BCUT2D eigenvalue weighted by Crippen LogP contribution is 2.23. The molecule has 2 heterocycles. The molecule has 1 aromatic rings. The minimum atomic E-state index is 0.599. The average molecular weight is 274 g/mol. The lowest BCUT2D eigenvalue weighted by Crippen LogP contribution is -2.32.